The van der Waals surface area contributed by atoms with E-state index in [-0.39, 0.29) is 13.0 Å². The van der Waals surface area contributed by atoms with Crippen LogP contribution < -0.4 is 10.2 Å². The maximum atomic E-state index is 11.2. The molecule has 18 heavy (non-hydrogen) atoms. The largest absolute Gasteiger partial charge is 0.491 e. The molecule has 0 bridgehead atoms. The molecule has 1 rings (SSSR count). The van der Waals surface area contributed by atoms with Gasteiger partial charge in [-0.3, -0.25) is 9.63 Å². The van der Waals surface area contributed by atoms with E-state index in [1.54, 1.807) is 24.3 Å². The van der Waals surface area contributed by atoms with E-state index < -0.39 is 18.5 Å². The molecule has 0 aliphatic rings. The van der Waals surface area contributed by atoms with Gasteiger partial charge in [0.25, 0.3) is 0 Å². The van der Waals surface area contributed by atoms with Crippen molar-refractivity contribution in [1.29, 1.82) is 0 Å². The SMILES string of the molecule is O=C(O)CONC(=O)CCOc1ccccc1Cl. The molecular weight excluding hydrogens is 262 g/mol. The van der Waals surface area contributed by atoms with Gasteiger partial charge in [0.15, 0.2) is 6.61 Å². The number of hydrogen-bond acceptors (Lipinski definition) is 4. The van der Waals surface area contributed by atoms with Crippen molar-refractivity contribution in [2.24, 2.45) is 0 Å². The summed E-state index contributed by atoms with van der Waals surface area (Å²) in [7, 11) is 0. The zero-order valence-corrected chi connectivity index (χ0v) is 10.1. The van der Waals surface area contributed by atoms with Crippen LogP contribution in [0.3, 0.4) is 0 Å². The highest BCUT2D eigenvalue weighted by Crippen LogP contribution is 2.22. The molecule has 6 nitrogen and oxygen atoms in total. The number of nitrogens with one attached hydrogen (secondary N) is 1. The van der Waals surface area contributed by atoms with Gasteiger partial charge in [-0.25, -0.2) is 10.3 Å². The Balaban J connectivity index is 2.20. The van der Waals surface area contributed by atoms with Gasteiger partial charge in [-0.2, -0.15) is 0 Å². The number of hydroxylamine groups is 1. The minimum Gasteiger partial charge on any atom is -0.491 e. The number of hydrogen-bond donors (Lipinski definition) is 2. The van der Waals surface area contributed by atoms with Crippen molar-refractivity contribution < 1.29 is 24.3 Å². The quantitative estimate of drug-likeness (QED) is 0.730. The second-order valence-electron chi connectivity index (χ2n) is 3.24. The highest BCUT2D eigenvalue weighted by Gasteiger charge is 2.05. The molecule has 0 aliphatic carbocycles. The molecule has 1 aromatic carbocycles. The van der Waals surface area contributed by atoms with Crippen LogP contribution in [0.25, 0.3) is 0 Å². The molecule has 7 heteroatoms. The lowest BCUT2D eigenvalue weighted by atomic mass is 10.3. The van der Waals surface area contributed by atoms with Gasteiger partial charge in [-0.05, 0) is 12.1 Å². The highest BCUT2D eigenvalue weighted by atomic mass is 35.5. The molecule has 0 saturated carbocycles. The predicted octanol–water partition coefficient (Wildman–Crippen LogP) is 1.24. The van der Waals surface area contributed by atoms with Crippen LogP contribution in [0.15, 0.2) is 24.3 Å². The maximum absolute atomic E-state index is 11.2. The van der Waals surface area contributed by atoms with Crippen molar-refractivity contribution in [3.63, 3.8) is 0 Å². The van der Waals surface area contributed by atoms with Gasteiger partial charge in [-0.1, -0.05) is 23.7 Å². The van der Waals surface area contributed by atoms with E-state index >= 15 is 0 Å². The van der Waals surface area contributed by atoms with Gasteiger partial charge in [0.2, 0.25) is 5.91 Å². The number of aliphatic carboxylic acids is 1. The highest BCUT2D eigenvalue weighted by molar-refractivity contribution is 6.32. The number of ether oxygens (including phenoxy) is 1. The van der Waals surface area contributed by atoms with Crippen molar-refractivity contribution in [1.82, 2.24) is 5.48 Å². The molecule has 0 atom stereocenters. The van der Waals surface area contributed by atoms with Crippen molar-refractivity contribution >= 4 is 23.5 Å². The van der Waals surface area contributed by atoms with E-state index in [9.17, 15) is 9.59 Å². The van der Waals surface area contributed by atoms with Crippen LogP contribution in [-0.4, -0.2) is 30.2 Å². The van der Waals surface area contributed by atoms with Crippen LogP contribution in [0.1, 0.15) is 6.42 Å². The first-order valence-corrected chi connectivity index (χ1v) is 5.47. The van der Waals surface area contributed by atoms with Crippen molar-refractivity contribution in [3.05, 3.63) is 29.3 Å². The van der Waals surface area contributed by atoms with Gasteiger partial charge >= 0.3 is 5.97 Å². The number of carbonyl (C=O) groups excluding carboxylic acids is 1. The molecule has 98 valence electrons. The van der Waals surface area contributed by atoms with Crippen LogP contribution >= 0.6 is 11.6 Å². The number of carboxylic acids is 1. The molecule has 0 heterocycles. The molecule has 0 aliphatic heterocycles. The van der Waals surface area contributed by atoms with Gasteiger partial charge < -0.3 is 9.84 Å². The van der Waals surface area contributed by atoms with E-state index in [1.165, 1.54) is 0 Å². The summed E-state index contributed by atoms with van der Waals surface area (Å²) in [5.41, 5.74) is 1.98. The average molecular weight is 274 g/mol. The number of para-hydroxylation sites is 1. The Morgan fingerprint density at radius 1 is 1.33 bits per heavy atom. The van der Waals surface area contributed by atoms with E-state index in [4.69, 9.17) is 21.4 Å². The Morgan fingerprint density at radius 3 is 2.72 bits per heavy atom. The standard InChI is InChI=1S/C11H12ClNO5/c12-8-3-1-2-4-9(8)17-6-5-10(14)13-18-7-11(15)16/h1-4H,5-7H2,(H,13,14)(H,15,16). The summed E-state index contributed by atoms with van der Waals surface area (Å²) in [5, 5.41) is 8.72. The Hall–Kier alpha value is -1.79. The minimum absolute atomic E-state index is 0.0326. The summed E-state index contributed by atoms with van der Waals surface area (Å²) in [4.78, 5) is 25.7. The summed E-state index contributed by atoms with van der Waals surface area (Å²) < 4.78 is 5.27. The summed E-state index contributed by atoms with van der Waals surface area (Å²) >= 11 is 5.84. The molecule has 2 N–H and O–H groups in total. The molecule has 0 saturated heterocycles. The molecule has 0 unspecified atom stereocenters. The second-order valence-corrected chi connectivity index (χ2v) is 3.64. The van der Waals surface area contributed by atoms with E-state index in [0.29, 0.717) is 10.8 Å². The monoisotopic (exact) mass is 273 g/mol. The van der Waals surface area contributed by atoms with Gasteiger partial charge in [-0.15, -0.1) is 0 Å². The van der Waals surface area contributed by atoms with E-state index in [2.05, 4.69) is 4.84 Å². The first-order chi connectivity index (χ1) is 8.59. The average Bonchev–Trinajstić information content (AvgIpc) is 2.31. The number of amides is 1. The number of halogens is 1. The Labute approximate surface area is 108 Å². The fourth-order valence-electron chi connectivity index (χ4n) is 1.04. The first kappa shape index (κ1) is 14.3. The molecule has 1 aromatic rings. The normalized spacial score (nSPS) is 9.83. The van der Waals surface area contributed by atoms with Crippen molar-refractivity contribution in [2.75, 3.05) is 13.2 Å². The maximum Gasteiger partial charge on any atom is 0.332 e. The van der Waals surface area contributed by atoms with Crippen LogP contribution in [0, 0.1) is 0 Å². The number of rotatable bonds is 7. The van der Waals surface area contributed by atoms with Crippen molar-refractivity contribution in [3.8, 4) is 5.75 Å². The second kappa shape index (κ2) is 7.52. The summed E-state index contributed by atoms with van der Waals surface area (Å²) in [5.74, 6) is -1.15. The molecule has 0 fully saturated rings. The Morgan fingerprint density at radius 2 is 2.06 bits per heavy atom. The number of carbonyl (C=O) groups is 2. The Bertz CT molecular complexity index is 424. The third-order valence-corrected chi connectivity index (χ3v) is 2.12. The molecular formula is C11H12ClNO5. The van der Waals surface area contributed by atoms with Crippen LogP contribution in [0.4, 0.5) is 0 Å². The van der Waals surface area contributed by atoms with E-state index in [1.807, 2.05) is 5.48 Å². The molecule has 0 radical (unpaired) electrons. The van der Waals surface area contributed by atoms with Crippen LogP contribution in [0.2, 0.25) is 5.02 Å². The topological polar surface area (TPSA) is 84.9 Å². The predicted molar refractivity (Wildman–Crippen MR) is 63.3 cm³/mol. The van der Waals surface area contributed by atoms with Gasteiger partial charge in [0.05, 0.1) is 18.1 Å². The smallest absolute Gasteiger partial charge is 0.332 e. The zero-order chi connectivity index (χ0) is 13.4. The third-order valence-electron chi connectivity index (χ3n) is 1.80. The summed E-state index contributed by atoms with van der Waals surface area (Å²) in [6, 6.07) is 6.88. The summed E-state index contributed by atoms with van der Waals surface area (Å²) in [6.45, 7) is -0.469. The lowest BCUT2D eigenvalue weighted by molar-refractivity contribution is -0.149. The molecule has 0 aromatic heterocycles. The lowest BCUT2D eigenvalue weighted by Gasteiger charge is -2.07. The number of benzene rings is 1. The fourth-order valence-corrected chi connectivity index (χ4v) is 1.24. The molecule has 0 spiro atoms. The fraction of sp³-hybridized carbons (Fsp3) is 0.273. The lowest BCUT2D eigenvalue weighted by Crippen LogP contribution is -2.27. The van der Waals surface area contributed by atoms with Crippen LogP contribution in [-0.2, 0) is 14.4 Å². The van der Waals surface area contributed by atoms with Gasteiger partial charge in [0.1, 0.15) is 5.75 Å². The number of carboxylic acid groups (broad SMARTS) is 1. The van der Waals surface area contributed by atoms with Crippen molar-refractivity contribution in [2.45, 2.75) is 6.42 Å². The van der Waals surface area contributed by atoms with Crippen LogP contribution in [0.5, 0.6) is 5.75 Å². The van der Waals surface area contributed by atoms with E-state index in [0.717, 1.165) is 0 Å². The van der Waals surface area contributed by atoms with Gasteiger partial charge in [0, 0.05) is 0 Å². The third kappa shape index (κ3) is 5.51. The first-order valence-electron chi connectivity index (χ1n) is 5.09. The Kier molecular flexibility index (Phi) is 5.96. The summed E-state index contributed by atoms with van der Waals surface area (Å²) in [6.07, 6.45) is 0.0326. The molecule has 1 amide bonds. The minimum atomic E-state index is -1.16. The zero-order valence-electron chi connectivity index (χ0n) is 9.39.